The number of methoxy groups -OCH3 is 1. The van der Waals surface area contributed by atoms with Crippen LogP contribution < -0.4 is 11.1 Å². The number of nitrogen functional groups attached to an aromatic ring is 1. The summed E-state index contributed by atoms with van der Waals surface area (Å²) in [5.74, 6) is -0.408. The topological polar surface area (TPSA) is 67.6 Å². The van der Waals surface area contributed by atoms with E-state index in [1.807, 2.05) is 6.07 Å². The summed E-state index contributed by atoms with van der Waals surface area (Å²) in [7, 11) is 3.52. The molecule has 0 spiro atoms. The summed E-state index contributed by atoms with van der Waals surface area (Å²) < 4.78 is 4.72. The molecule has 20 heavy (non-hydrogen) atoms. The Labute approximate surface area is 120 Å². The third-order valence-electron chi connectivity index (χ3n) is 3.88. The number of benzene rings is 1. The van der Waals surface area contributed by atoms with Crippen molar-refractivity contribution in [2.24, 2.45) is 0 Å². The summed E-state index contributed by atoms with van der Waals surface area (Å²) >= 11 is 0. The number of likely N-dealkylation sites (N-methyl/N-ethyl adjacent to an activating group) is 1. The molecule has 0 aromatic heterocycles. The molecule has 0 radical (unpaired) electrons. The Morgan fingerprint density at radius 3 is 2.85 bits per heavy atom. The summed E-state index contributed by atoms with van der Waals surface area (Å²) in [5, 5.41) is 3.35. The Hall–Kier alpha value is -1.75. The lowest BCUT2D eigenvalue weighted by atomic mass is 10.1. The predicted octanol–water partition coefficient (Wildman–Crippen LogP) is 1.95. The van der Waals surface area contributed by atoms with E-state index >= 15 is 0 Å². The van der Waals surface area contributed by atoms with Gasteiger partial charge in [-0.25, -0.2) is 4.79 Å². The third kappa shape index (κ3) is 3.42. The van der Waals surface area contributed by atoms with Crippen LogP contribution >= 0.6 is 0 Å². The number of carbonyl (C=O) groups excluding carboxylic acids is 1. The number of hydrogen-bond acceptors (Lipinski definition) is 5. The second-order valence-electron chi connectivity index (χ2n) is 5.42. The molecule has 1 atom stereocenters. The van der Waals surface area contributed by atoms with Gasteiger partial charge in [0.15, 0.2) is 0 Å². The van der Waals surface area contributed by atoms with Gasteiger partial charge >= 0.3 is 5.97 Å². The van der Waals surface area contributed by atoms with Gasteiger partial charge in [-0.05, 0) is 45.0 Å². The molecule has 5 heteroatoms. The van der Waals surface area contributed by atoms with Crippen LogP contribution in [0.4, 0.5) is 11.4 Å². The van der Waals surface area contributed by atoms with Gasteiger partial charge in [0, 0.05) is 30.0 Å². The zero-order valence-corrected chi connectivity index (χ0v) is 12.3. The number of esters is 1. The molecule has 1 aromatic rings. The summed E-state index contributed by atoms with van der Waals surface area (Å²) in [6.45, 7) is 3.03. The van der Waals surface area contributed by atoms with Gasteiger partial charge in [0.05, 0.1) is 12.7 Å². The molecule has 1 aliphatic carbocycles. The van der Waals surface area contributed by atoms with Crippen LogP contribution in [-0.4, -0.2) is 43.7 Å². The minimum Gasteiger partial charge on any atom is -0.465 e. The number of rotatable bonds is 6. The first kappa shape index (κ1) is 14.7. The third-order valence-corrected chi connectivity index (χ3v) is 3.88. The van der Waals surface area contributed by atoms with Gasteiger partial charge in [-0.1, -0.05) is 0 Å². The average molecular weight is 277 g/mol. The van der Waals surface area contributed by atoms with Crippen LogP contribution in [0.5, 0.6) is 0 Å². The molecule has 1 aliphatic rings. The van der Waals surface area contributed by atoms with Crippen molar-refractivity contribution >= 4 is 17.3 Å². The van der Waals surface area contributed by atoms with E-state index in [9.17, 15) is 4.79 Å². The van der Waals surface area contributed by atoms with Gasteiger partial charge in [0.1, 0.15) is 0 Å². The fraction of sp³-hybridized carbons (Fsp3) is 0.533. The maximum Gasteiger partial charge on any atom is 0.340 e. The molecule has 1 aromatic carbocycles. The van der Waals surface area contributed by atoms with E-state index in [4.69, 9.17) is 10.5 Å². The van der Waals surface area contributed by atoms with Crippen LogP contribution in [0.2, 0.25) is 0 Å². The lowest BCUT2D eigenvalue weighted by molar-refractivity contribution is 0.0602. The molecule has 3 N–H and O–H groups in total. The normalized spacial score (nSPS) is 16.0. The van der Waals surface area contributed by atoms with Crippen molar-refractivity contribution in [1.82, 2.24) is 4.90 Å². The highest BCUT2D eigenvalue weighted by atomic mass is 16.5. The maximum atomic E-state index is 11.6. The van der Waals surface area contributed by atoms with Crippen molar-refractivity contribution in [2.75, 3.05) is 31.8 Å². The zero-order valence-electron chi connectivity index (χ0n) is 12.3. The van der Waals surface area contributed by atoms with E-state index in [1.165, 1.54) is 20.0 Å². The number of nitrogens with zero attached hydrogens (tertiary/aromatic N) is 1. The molecule has 0 amide bonds. The SMILES string of the molecule is COC(=O)c1cc(NCC(C)N(C)C2CC2)ccc1N. The van der Waals surface area contributed by atoms with Crippen molar-refractivity contribution in [3.8, 4) is 0 Å². The second kappa shape index (κ2) is 6.13. The van der Waals surface area contributed by atoms with Crippen molar-refractivity contribution in [3.63, 3.8) is 0 Å². The van der Waals surface area contributed by atoms with Crippen LogP contribution in [-0.2, 0) is 4.74 Å². The summed E-state index contributed by atoms with van der Waals surface area (Å²) in [4.78, 5) is 14.0. The highest BCUT2D eigenvalue weighted by Gasteiger charge is 2.28. The minimum absolute atomic E-state index is 0.403. The van der Waals surface area contributed by atoms with E-state index in [1.54, 1.807) is 12.1 Å². The molecular weight excluding hydrogens is 254 g/mol. The van der Waals surface area contributed by atoms with Crippen LogP contribution in [0.15, 0.2) is 18.2 Å². The van der Waals surface area contributed by atoms with Gasteiger partial charge < -0.3 is 15.8 Å². The first-order valence-corrected chi connectivity index (χ1v) is 6.96. The van der Waals surface area contributed by atoms with Crippen molar-refractivity contribution in [1.29, 1.82) is 0 Å². The molecule has 110 valence electrons. The lowest BCUT2D eigenvalue weighted by Crippen LogP contribution is -2.36. The Kier molecular flexibility index (Phi) is 4.49. The molecule has 5 nitrogen and oxygen atoms in total. The molecule has 1 unspecified atom stereocenters. The Morgan fingerprint density at radius 1 is 1.55 bits per heavy atom. The monoisotopic (exact) mass is 277 g/mol. The van der Waals surface area contributed by atoms with Crippen molar-refractivity contribution < 1.29 is 9.53 Å². The summed E-state index contributed by atoms with van der Waals surface area (Å²) in [5.41, 5.74) is 7.51. The largest absolute Gasteiger partial charge is 0.465 e. The summed E-state index contributed by atoms with van der Waals surface area (Å²) in [6, 6.07) is 6.53. The van der Waals surface area contributed by atoms with Crippen LogP contribution in [0.1, 0.15) is 30.1 Å². The standard InChI is InChI=1S/C15H23N3O2/c1-10(18(2)12-5-6-12)9-17-11-4-7-14(16)13(8-11)15(19)20-3/h4,7-8,10,12,17H,5-6,9,16H2,1-3H3. The molecule has 2 rings (SSSR count). The van der Waals surface area contributed by atoms with Crippen molar-refractivity contribution in [2.45, 2.75) is 31.8 Å². The van der Waals surface area contributed by atoms with E-state index < -0.39 is 5.97 Å². The smallest absolute Gasteiger partial charge is 0.340 e. The maximum absolute atomic E-state index is 11.6. The van der Waals surface area contributed by atoms with Gasteiger partial charge in [0.25, 0.3) is 0 Å². The van der Waals surface area contributed by atoms with Gasteiger partial charge in [-0.2, -0.15) is 0 Å². The fourth-order valence-corrected chi connectivity index (χ4v) is 2.20. The average Bonchev–Trinajstić information content (AvgIpc) is 3.29. The molecular formula is C15H23N3O2. The first-order valence-electron chi connectivity index (χ1n) is 6.96. The predicted molar refractivity (Wildman–Crippen MR) is 80.9 cm³/mol. The van der Waals surface area contributed by atoms with E-state index in [0.717, 1.165) is 18.3 Å². The minimum atomic E-state index is -0.408. The quantitative estimate of drug-likeness (QED) is 0.614. The fourth-order valence-electron chi connectivity index (χ4n) is 2.20. The number of nitrogens with one attached hydrogen (secondary N) is 1. The van der Waals surface area contributed by atoms with Gasteiger partial charge in [-0.3, -0.25) is 4.90 Å². The number of nitrogens with two attached hydrogens (primary N) is 1. The highest BCUT2D eigenvalue weighted by molar-refractivity contribution is 5.96. The van der Waals surface area contributed by atoms with Crippen molar-refractivity contribution in [3.05, 3.63) is 23.8 Å². The summed E-state index contributed by atoms with van der Waals surface area (Å²) in [6.07, 6.45) is 2.60. The molecule has 0 aliphatic heterocycles. The van der Waals surface area contributed by atoms with Gasteiger partial charge in [0.2, 0.25) is 0 Å². The number of hydrogen-bond donors (Lipinski definition) is 2. The van der Waals surface area contributed by atoms with E-state index in [-0.39, 0.29) is 0 Å². The molecule has 0 heterocycles. The molecule has 1 saturated carbocycles. The number of ether oxygens (including phenoxy) is 1. The van der Waals surface area contributed by atoms with Crippen LogP contribution in [0.25, 0.3) is 0 Å². The molecule has 1 fully saturated rings. The Morgan fingerprint density at radius 2 is 2.25 bits per heavy atom. The van der Waals surface area contributed by atoms with Crippen LogP contribution in [0, 0.1) is 0 Å². The first-order chi connectivity index (χ1) is 9.52. The van der Waals surface area contributed by atoms with Crippen LogP contribution in [0.3, 0.4) is 0 Å². The van der Waals surface area contributed by atoms with E-state index in [0.29, 0.717) is 17.3 Å². The number of carbonyl (C=O) groups is 1. The van der Waals surface area contributed by atoms with Gasteiger partial charge in [-0.15, -0.1) is 0 Å². The van der Waals surface area contributed by atoms with E-state index in [2.05, 4.69) is 24.2 Å². The Bertz CT molecular complexity index is 486. The molecule has 0 bridgehead atoms. The Balaban J connectivity index is 1.97. The second-order valence-corrected chi connectivity index (χ2v) is 5.42. The molecule has 0 saturated heterocycles. The highest BCUT2D eigenvalue weighted by Crippen LogP contribution is 2.27. The zero-order chi connectivity index (χ0) is 14.7. The number of anilines is 2. The lowest BCUT2D eigenvalue weighted by Gasteiger charge is -2.25.